The lowest BCUT2D eigenvalue weighted by Crippen LogP contribution is -2.38. The zero-order valence-corrected chi connectivity index (χ0v) is 12.6. The molecule has 0 bridgehead atoms. The van der Waals surface area contributed by atoms with Crippen LogP contribution in [0.15, 0.2) is 42.5 Å². The lowest BCUT2D eigenvalue weighted by molar-refractivity contribution is -0.127. The summed E-state index contributed by atoms with van der Waals surface area (Å²) in [7, 11) is 0. The van der Waals surface area contributed by atoms with Crippen molar-refractivity contribution < 1.29 is 13.9 Å². The Balaban J connectivity index is 1.51. The van der Waals surface area contributed by atoms with Gasteiger partial charge in [0.15, 0.2) is 6.10 Å². The minimum absolute atomic E-state index is 0.163. The number of amides is 1. The van der Waals surface area contributed by atoms with Gasteiger partial charge in [-0.25, -0.2) is 4.39 Å². The highest BCUT2D eigenvalue weighted by molar-refractivity contribution is 6.30. The molecule has 1 amide bonds. The van der Waals surface area contributed by atoms with Crippen molar-refractivity contribution in [1.82, 2.24) is 5.32 Å². The van der Waals surface area contributed by atoms with Crippen LogP contribution in [0.3, 0.4) is 0 Å². The Morgan fingerprint density at radius 1 is 1.32 bits per heavy atom. The summed E-state index contributed by atoms with van der Waals surface area (Å²) in [6, 6.07) is 11.7. The van der Waals surface area contributed by atoms with Crippen LogP contribution in [-0.2, 0) is 17.6 Å². The second-order valence-corrected chi connectivity index (χ2v) is 5.67. The minimum atomic E-state index is -0.527. The molecule has 1 aliphatic heterocycles. The number of hydrogen-bond donors (Lipinski definition) is 1. The van der Waals surface area contributed by atoms with Crippen LogP contribution in [-0.4, -0.2) is 18.6 Å². The largest absolute Gasteiger partial charge is 0.480 e. The van der Waals surface area contributed by atoms with E-state index in [0.29, 0.717) is 30.2 Å². The molecule has 2 aromatic rings. The molecule has 0 radical (unpaired) electrons. The number of carbonyl (C=O) groups excluding carboxylic acids is 1. The predicted molar refractivity (Wildman–Crippen MR) is 82.7 cm³/mol. The molecule has 0 saturated heterocycles. The average Bonchev–Trinajstić information content (AvgIpc) is 2.90. The van der Waals surface area contributed by atoms with Crippen LogP contribution in [0.1, 0.15) is 11.1 Å². The smallest absolute Gasteiger partial charge is 0.261 e. The van der Waals surface area contributed by atoms with E-state index in [4.69, 9.17) is 16.3 Å². The molecule has 0 spiro atoms. The van der Waals surface area contributed by atoms with Crippen LogP contribution >= 0.6 is 11.6 Å². The summed E-state index contributed by atoms with van der Waals surface area (Å²) in [6.07, 6.45) is 0.567. The molecule has 1 aliphatic rings. The lowest BCUT2D eigenvalue weighted by atomic mass is 10.1. The first-order valence-corrected chi connectivity index (χ1v) is 7.47. The summed E-state index contributed by atoms with van der Waals surface area (Å²) in [5.41, 5.74) is 1.79. The maximum atomic E-state index is 13.1. The lowest BCUT2D eigenvalue weighted by Gasteiger charge is -2.11. The van der Waals surface area contributed by atoms with Gasteiger partial charge in [-0.15, -0.1) is 0 Å². The van der Waals surface area contributed by atoms with Crippen LogP contribution in [0.25, 0.3) is 0 Å². The Hall–Kier alpha value is -2.07. The summed E-state index contributed by atoms with van der Waals surface area (Å²) < 4.78 is 18.7. The fourth-order valence-corrected chi connectivity index (χ4v) is 2.69. The van der Waals surface area contributed by atoms with E-state index in [1.54, 1.807) is 18.2 Å². The van der Waals surface area contributed by atoms with Crippen molar-refractivity contribution in [2.45, 2.75) is 18.9 Å². The summed E-state index contributed by atoms with van der Waals surface area (Å²) in [5.74, 6) is 0.272. The zero-order chi connectivity index (χ0) is 15.5. The van der Waals surface area contributed by atoms with Gasteiger partial charge in [0, 0.05) is 18.0 Å². The molecular weight excluding hydrogens is 305 g/mol. The zero-order valence-electron chi connectivity index (χ0n) is 11.8. The van der Waals surface area contributed by atoms with Crippen LogP contribution in [0.2, 0.25) is 5.02 Å². The maximum Gasteiger partial charge on any atom is 0.261 e. The van der Waals surface area contributed by atoms with Crippen LogP contribution in [0, 0.1) is 5.82 Å². The molecule has 3 nitrogen and oxygen atoms in total. The van der Waals surface area contributed by atoms with Gasteiger partial charge in [0.25, 0.3) is 5.91 Å². The number of rotatable bonds is 4. The van der Waals surface area contributed by atoms with Gasteiger partial charge in [-0.3, -0.25) is 4.79 Å². The quantitative estimate of drug-likeness (QED) is 0.940. The van der Waals surface area contributed by atoms with Crippen LogP contribution in [0.5, 0.6) is 5.75 Å². The number of fused-ring (bicyclic) bond motifs is 1. The van der Waals surface area contributed by atoms with Crippen molar-refractivity contribution in [2.75, 3.05) is 6.54 Å². The van der Waals surface area contributed by atoms with E-state index in [1.165, 1.54) is 12.1 Å². The molecule has 1 unspecified atom stereocenters. The Morgan fingerprint density at radius 2 is 2.18 bits per heavy atom. The third-order valence-electron chi connectivity index (χ3n) is 3.59. The van der Waals surface area contributed by atoms with E-state index in [-0.39, 0.29) is 11.7 Å². The van der Waals surface area contributed by atoms with E-state index < -0.39 is 6.10 Å². The molecule has 5 heteroatoms. The second-order valence-electron chi connectivity index (χ2n) is 5.23. The van der Waals surface area contributed by atoms with Crippen molar-refractivity contribution in [3.63, 3.8) is 0 Å². The van der Waals surface area contributed by atoms with Crippen molar-refractivity contribution in [3.05, 3.63) is 64.4 Å². The molecule has 0 aliphatic carbocycles. The topological polar surface area (TPSA) is 38.3 Å². The number of nitrogens with one attached hydrogen (secondary N) is 1. The van der Waals surface area contributed by atoms with Gasteiger partial charge in [-0.05, 0) is 47.9 Å². The molecule has 114 valence electrons. The number of ether oxygens (including phenoxy) is 1. The van der Waals surface area contributed by atoms with Crippen LogP contribution in [0.4, 0.5) is 4.39 Å². The number of hydrogen-bond acceptors (Lipinski definition) is 2. The van der Waals surface area contributed by atoms with Gasteiger partial charge in [-0.2, -0.15) is 0 Å². The second kappa shape index (κ2) is 6.36. The standard InChI is InChI=1S/C17H15ClFNO2/c18-13-4-5-15-12(9-13)10-16(22-15)17(21)20-7-6-11-2-1-3-14(19)8-11/h1-5,8-9,16H,6-7,10H2,(H,20,21). The summed E-state index contributed by atoms with van der Waals surface area (Å²) in [4.78, 5) is 12.1. The van der Waals surface area contributed by atoms with Gasteiger partial charge in [0.05, 0.1) is 0 Å². The molecule has 3 rings (SSSR count). The molecule has 1 heterocycles. The van der Waals surface area contributed by atoms with Crippen molar-refractivity contribution in [1.29, 1.82) is 0 Å². The Labute approximate surface area is 133 Å². The fourth-order valence-electron chi connectivity index (χ4n) is 2.50. The average molecular weight is 320 g/mol. The SMILES string of the molecule is O=C(NCCc1cccc(F)c1)C1Cc2cc(Cl)ccc2O1. The third kappa shape index (κ3) is 3.39. The molecule has 0 aromatic heterocycles. The summed E-state index contributed by atoms with van der Waals surface area (Å²) in [5, 5.41) is 3.46. The normalized spacial score (nSPS) is 16.0. The first kappa shape index (κ1) is 14.9. The fraction of sp³-hybridized carbons (Fsp3) is 0.235. The summed E-state index contributed by atoms with van der Waals surface area (Å²) in [6.45, 7) is 0.444. The molecule has 1 N–H and O–H groups in total. The molecule has 1 atom stereocenters. The summed E-state index contributed by atoms with van der Waals surface area (Å²) >= 11 is 5.93. The van der Waals surface area contributed by atoms with Crippen molar-refractivity contribution in [2.24, 2.45) is 0 Å². The van der Waals surface area contributed by atoms with Crippen molar-refractivity contribution >= 4 is 17.5 Å². The van der Waals surface area contributed by atoms with E-state index >= 15 is 0 Å². The molecule has 22 heavy (non-hydrogen) atoms. The minimum Gasteiger partial charge on any atom is -0.480 e. The van der Waals surface area contributed by atoms with Crippen LogP contribution < -0.4 is 10.1 Å². The van der Waals surface area contributed by atoms with Gasteiger partial charge in [0.1, 0.15) is 11.6 Å². The highest BCUT2D eigenvalue weighted by Crippen LogP contribution is 2.31. The molecule has 0 saturated carbocycles. The van der Waals surface area contributed by atoms with Gasteiger partial charge < -0.3 is 10.1 Å². The van der Waals surface area contributed by atoms with E-state index in [0.717, 1.165) is 11.1 Å². The van der Waals surface area contributed by atoms with E-state index in [2.05, 4.69) is 5.32 Å². The third-order valence-corrected chi connectivity index (χ3v) is 3.83. The number of halogens is 2. The molecule has 0 fully saturated rings. The van der Waals surface area contributed by atoms with Gasteiger partial charge in [-0.1, -0.05) is 23.7 Å². The Morgan fingerprint density at radius 3 is 3.00 bits per heavy atom. The first-order chi connectivity index (χ1) is 10.6. The number of carbonyl (C=O) groups is 1. The van der Waals surface area contributed by atoms with Crippen molar-refractivity contribution in [3.8, 4) is 5.75 Å². The molecule has 2 aromatic carbocycles. The Bertz CT molecular complexity index is 705. The Kier molecular flexibility index (Phi) is 4.29. The van der Waals surface area contributed by atoms with E-state index in [1.807, 2.05) is 12.1 Å². The number of benzene rings is 2. The maximum absolute atomic E-state index is 13.1. The van der Waals surface area contributed by atoms with Gasteiger partial charge in [0.2, 0.25) is 0 Å². The highest BCUT2D eigenvalue weighted by atomic mass is 35.5. The monoisotopic (exact) mass is 319 g/mol. The van der Waals surface area contributed by atoms with E-state index in [9.17, 15) is 9.18 Å². The highest BCUT2D eigenvalue weighted by Gasteiger charge is 2.28. The molecular formula is C17H15ClFNO2. The first-order valence-electron chi connectivity index (χ1n) is 7.09. The predicted octanol–water partition coefficient (Wildman–Crippen LogP) is 3.14. The van der Waals surface area contributed by atoms with Gasteiger partial charge >= 0.3 is 0 Å².